The van der Waals surface area contributed by atoms with E-state index in [1.165, 1.54) is 21.5 Å². The van der Waals surface area contributed by atoms with Crippen LogP contribution in [0.4, 0.5) is 0 Å². The van der Waals surface area contributed by atoms with Crippen molar-refractivity contribution in [2.45, 2.75) is 0 Å². The summed E-state index contributed by atoms with van der Waals surface area (Å²) in [4.78, 5) is 23.8. The maximum absolute atomic E-state index is 11.9. The maximum atomic E-state index is 11.9. The van der Waals surface area contributed by atoms with Crippen LogP contribution in [0, 0.1) is 0 Å². The first-order valence-corrected chi connectivity index (χ1v) is 8.59. The van der Waals surface area contributed by atoms with Gasteiger partial charge in [0.15, 0.2) is 0 Å². The zero-order chi connectivity index (χ0) is 19.7. The second-order valence-electron chi connectivity index (χ2n) is 6.17. The smallest absolute Gasteiger partial charge is 0.354 e. The summed E-state index contributed by atoms with van der Waals surface area (Å²) in [6, 6.07) is 24.8. The van der Waals surface area contributed by atoms with Crippen LogP contribution < -0.4 is 0 Å². The van der Waals surface area contributed by atoms with Gasteiger partial charge >= 0.3 is 11.9 Å². The molecule has 138 valence electrons. The van der Waals surface area contributed by atoms with Crippen molar-refractivity contribution in [2.75, 3.05) is 0 Å². The summed E-state index contributed by atoms with van der Waals surface area (Å²) in [6.07, 6.45) is 0. The predicted molar refractivity (Wildman–Crippen MR) is 104 cm³/mol. The Hall–Kier alpha value is -4.06. The van der Waals surface area contributed by atoms with Crippen LogP contribution in [-0.4, -0.2) is 31.5 Å². The number of hydrogen-bond donors (Lipinski definition) is 2. The summed E-state index contributed by atoms with van der Waals surface area (Å²) in [7, 11) is 0. The number of carboxylic acid groups (broad SMARTS) is 2. The van der Waals surface area contributed by atoms with Crippen LogP contribution in [0.25, 0.3) is 22.5 Å². The van der Waals surface area contributed by atoms with Crippen molar-refractivity contribution in [3.05, 3.63) is 96.3 Å². The summed E-state index contributed by atoms with van der Waals surface area (Å²) in [6.45, 7) is 0. The van der Waals surface area contributed by atoms with Crippen LogP contribution in [0.2, 0.25) is 0 Å². The van der Waals surface area contributed by atoms with E-state index in [1.54, 1.807) is 12.1 Å². The monoisotopic (exact) mass is 372 g/mol. The highest BCUT2D eigenvalue weighted by Crippen LogP contribution is 2.29. The van der Waals surface area contributed by atoms with Crippen LogP contribution in [-0.2, 0) is 0 Å². The highest BCUT2D eigenvalue weighted by atomic mass is 16.4. The van der Waals surface area contributed by atoms with Gasteiger partial charge in [0.05, 0.1) is 11.4 Å². The number of carboxylic acids is 2. The van der Waals surface area contributed by atoms with Gasteiger partial charge in [0, 0.05) is 11.1 Å². The van der Waals surface area contributed by atoms with E-state index in [1.807, 2.05) is 60.7 Å². The number of rotatable bonds is 5. The molecule has 0 fully saturated rings. The summed E-state index contributed by atoms with van der Waals surface area (Å²) >= 11 is 0. The summed E-state index contributed by atoms with van der Waals surface area (Å²) in [5.41, 5.74) is 2.64. The van der Waals surface area contributed by atoms with Gasteiger partial charge in [-0.3, -0.25) is 0 Å². The lowest BCUT2D eigenvalue weighted by atomic mass is 10.1. The van der Waals surface area contributed by atoms with Gasteiger partial charge in [0.2, 0.25) is 0 Å². The fraction of sp³-hybridized carbons (Fsp3) is 0. The molecule has 0 radical (unpaired) electrons. The van der Waals surface area contributed by atoms with E-state index < -0.39 is 11.9 Å². The molecular formula is C22H16N2O4. The van der Waals surface area contributed by atoms with E-state index in [-0.39, 0.29) is 11.4 Å². The molecular weight excluding hydrogens is 356 g/mol. The molecule has 2 aromatic carbocycles. The van der Waals surface area contributed by atoms with Gasteiger partial charge in [0.25, 0.3) is 0 Å². The minimum atomic E-state index is -1.15. The molecule has 0 amide bonds. The van der Waals surface area contributed by atoms with Gasteiger partial charge in [0.1, 0.15) is 11.4 Å². The Morgan fingerprint density at radius 3 is 1.21 bits per heavy atom. The zero-order valence-electron chi connectivity index (χ0n) is 14.7. The number of nitrogens with zero attached hydrogens (tertiary/aromatic N) is 2. The molecule has 4 aromatic rings. The molecule has 6 heteroatoms. The fourth-order valence-electron chi connectivity index (χ4n) is 3.27. The number of benzene rings is 2. The van der Waals surface area contributed by atoms with Crippen molar-refractivity contribution in [1.82, 2.24) is 9.35 Å². The zero-order valence-corrected chi connectivity index (χ0v) is 14.7. The van der Waals surface area contributed by atoms with Crippen molar-refractivity contribution >= 4 is 11.9 Å². The third-order valence-electron chi connectivity index (χ3n) is 4.49. The first-order valence-electron chi connectivity index (χ1n) is 8.59. The molecule has 0 saturated heterocycles. The molecule has 2 aromatic heterocycles. The number of carbonyl (C=O) groups is 2. The molecule has 0 aliphatic rings. The second kappa shape index (κ2) is 6.92. The highest BCUT2D eigenvalue weighted by Gasteiger charge is 2.23. The molecule has 2 N–H and O–H groups in total. The first-order chi connectivity index (χ1) is 13.6. The van der Waals surface area contributed by atoms with Crippen LogP contribution in [0.1, 0.15) is 21.0 Å². The van der Waals surface area contributed by atoms with E-state index in [2.05, 4.69) is 0 Å². The Morgan fingerprint density at radius 2 is 0.893 bits per heavy atom. The number of aromatic nitrogens is 2. The van der Waals surface area contributed by atoms with Crippen molar-refractivity contribution in [2.24, 2.45) is 0 Å². The molecule has 0 atom stereocenters. The summed E-state index contributed by atoms with van der Waals surface area (Å²) in [5.74, 6) is -2.29. The van der Waals surface area contributed by atoms with Gasteiger partial charge in [-0.25, -0.2) is 18.9 Å². The number of hydrogen-bond acceptors (Lipinski definition) is 2. The van der Waals surface area contributed by atoms with Crippen molar-refractivity contribution in [3.63, 3.8) is 0 Å². The minimum absolute atomic E-state index is 0.0327. The average Bonchev–Trinajstić information content (AvgIpc) is 3.33. The van der Waals surface area contributed by atoms with Gasteiger partial charge in [-0.2, -0.15) is 0 Å². The molecule has 28 heavy (non-hydrogen) atoms. The lowest BCUT2D eigenvalue weighted by Gasteiger charge is -2.18. The van der Waals surface area contributed by atoms with Gasteiger partial charge in [-0.05, 0) is 24.3 Å². The topological polar surface area (TPSA) is 84.5 Å². The van der Waals surface area contributed by atoms with Gasteiger partial charge in [-0.1, -0.05) is 60.7 Å². The molecule has 2 heterocycles. The van der Waals surface area contributed by atoms with E-state index in [0.29, 0.717) is 11.4 Å². The highest BCUT2D eigenvalue weighted by molar-refractivity contribution is 5.90. The Balaban J connectivity index is 2.07. The summed E-state index contributed by atoms with van der Waals surface area (Å²) < 4.78 is 2.87. The predicted octanol–water partition coefficient (Wildman–Crippen LogP) is 4.33. The molecule has 0 aliphatic carbocycles. The van der Waals surface area contributed by atoms with Crippen LogP contribution in [0.5, 0.6) is 0 Å². The SMILES string of the molecule is O=C(O)c1ccc(-c2ccccc2)n1-n1c(C(=O)O)ccc1-c1ccccc1. The van der Waals surface area contributed by atoms with E-state index >= 15 is 0 Å². The lowest BCUT2D eigenvalue weighted by molar-refractivity contribution is 0.0660. The van der Waals surface area contributed by atoms with Crippen molar-refractivity contribution in [1.29, 1.82) is 0 Å². The average molecular weight is 372 g/mol. The molecule has 4 rings (SSSR count). The van der Waals surface area contributed by atoms with Gasteiger partial charge in [-0.15, -0.1) is 0 Å². The Kier molecular flexibility index (Phi) is 4.29. The van der Waals surface area contributed by atoms with E-state index in [4.69, 9.17) is 0 Å². The Bertz CT molecular complexity index is 1060. The van der Waals surface area contributed by atoms with Crippen LogP contribution >= 0.6 is 0 Å². The maximum Gasteiger partial charge on any atom is 0.354 e. The fourth-order valence-corrected chi connectivity index (χ4v) is 3.27. The second-order valence-corrected chi connectivity index (χ2v) is 6.17. The molecule has 0 aliphatic heterocycles. The normalized spacial score (nSPS) is 10.7. The first kappa shape index (κ1) is 17.4. The van der Waals surface area contributed by atoms with Crippen molar-refractivity contribution < 1.29 is 19.8 Å². The standard InChI is InChI=1S/C22H16N2O4/c25-21(26)19-13-11-17(15-7-3-1-4-8-15)23(19)24-18(12-14-20(24)22(27)28)16-9-5-2-6-10-16/h1-14H,(H,25,26)(H,27,28). The summed E-state index contributed by atoms with van der Waals surface area (Å²) in [5, 5.41) is 19.5. The largest absolute Gasteiger partial charge is 0.477 e. The Morgan fingerprint density at radius 1 is 0.536 bits per heavy atom. The minimum Gasteiger partial charge on any atom is -0.477 e. The Labute approximate surface area is 160 Å². The molecule has 0 bridgehead atoms. The molecule has 0 spiro atoms. The van der Waals surface area contributed by atoms with E-state index in [9.17, 15) is 19.8 Å². The molecule has 6 nitrogen and oxygen atoms in total. The molecule has 0 saturated carbocycles. The quantitative estimate of drug-likeness (QED) is 0.546. The van der Waals surface area contributed by atoms with E-state index in [0.717, 1.165) is 11.1 Å². The van der Waals surface area contributed by atoms with Crippen LogP contribution in [0.15, 0.2) is 84.9 Å². The van der Waals surface area contributed by atoms with Crippen LogP contribution in [0.3, 0.4) is 0 Å². The van der Waals surface area contributed by atoms with Gasteiger partial charge < -0.3 is 10.2 Å². The molecule has 0 unspecified atom stereocenters. The third kappa shape index (κ3) is 2.87. The van der Waals surface area contributed by atoms with Crippen molar-refractivity contribution in [3.8, 4) is 22.5 Å². The lowest BCUT2D eigenvalue weighted by Crippen LogP contribution is -2.22. The number of aromatic carboxylic acids is 2. The third-order valence-corrected chi connectivity index (χ3v) is 4.49.